The molecule has 3 aliphatic rings. The van der Waals surface area contributed by atoms with Crippen LogP contribution in [0, 0.1) is 22.7 Å². The Morgan fingerprint density at radius 3 is 2.58 bits per heavy atom. The van der Waals surface area contributed by atoms with Crippen molar-refractivity contribution in [3.63, 3.8) is 0 Å². The highest BCUT2D eigenvalue weighted by atomic mass is 16.3. The number of fused-ring (bicyclic) bond motifs is 1. The van der Waals surface area contributed by atoms with Gasteiger partial charge in [0, 0.05) is 11.1 Å². The Morgan fingerprint density at radius 1 is 1.23 bits per heavy atom. The molecule has 142 valence electrons. The fraction of sp³-hybridized carbons (Fsp3) is 0.636. The second kappa shape index (κ2) is 6.49. The summed E-state index contributed by atoms with van der Waals surface area (Å²) in [4.78, 5) is 24.7. The van der Waals surface area contributed by atoms with E-state index in [1.54, 1.807) is 0 Å². The predicted octanol–water partition coefficient (Wildman–Crippen LogP) is 4.06. The Balaban J connectivity index is 1.95. The van der Waals surface area contributed by atoms with E-state index in [-0.39, 0.29) is 33.7 Å². The largest absolute Gasteiger partial charge is 0.504 e. The third-order valence-electron chi connectivity index (χ3n) is 7.29. The molecule has 0 heterocycles. The van der Waals surface area contributed by atoms with Crippen molar-refractivity contribution >= 4 is 11.6 Å². The first-order valence-corrected chi connectivity index (χ1v) is 9.62. The lowest BCUT2D eigenvalue weighted by Gasteiger charge is -2.58. The average Bonchev–Trinajstić information content (AvgIpc) is 2.56. The molecule has 4 nitrogen and oxygen atoms in total. The Kier molecular flexibility index (Phi) is 4.76. The standard InChI is InChI=1S/C22H30O4/c1-13-6-7-18-21(2,3)8-5-9-22(18,4)16(13)11-15-17(24)10-14(12-23)19(25)20(15)26/h10,16,18,23,26H,1,5-9,11-12H2,2-4H3/t16-,18-,22+/m0/s1. The molecule has 0 saturated heterocycles. The molecule has 2 saturated carbocycles. The van der Waals surface area contributed by atoms with Crippen LogP contribution in [-0.4, -0.2) is 28.4 Å². The minimum Gasteiger partial charge on any atom is -0.504 e. The van der Waals surface area contributed by atoms with Crippen molar-refractivity contribution in [3.8, 4) is 0 Å². The summed E-state index contributed by atoms with van der Waals surface area (Å²) in [5.74, 6) is -0.859. The summed E-state index contributed by atoms with van der Waals surface area (Å²) in [5, 5.41) is 19.5. The molecule has 0 spiro atoms. The van der Waals surface area contributed by atoms with Gasteiger partial charge in [-0.25, -0.2) is 0 Å². The number of hydrogen-bond donors (Lipinski definition) is 2. The summed E-state index contributed by atoms with van der Waals surface area (Å²) < 4.78 is 0. The van der Waals surface area contributed by atoms with Gasteiger partial charge in [0.25, 0.3) is 0 Å². The van der Waals surface area contributed by atoms with Gasteiger partial charge in [0.2, 0.25) is 5.78 Å². The lowest BCUT2D eigenvalue weighted by molar-refractivity contribution is -0.118. The zero-order valence-electron chi connectivity index (χ0n) is 16.1. The Morgan fingerprint density at radius 2 is 1.92 bits per heavy atom. The molecule has 0 radical (unpaired) electrons. The van der Waals surface area contributed by atoms with E-state index in [2.05, 4.69) is 27.4 Å². The smallest absolute Gasteiger partial charge is 0.226 e. The van der Waals surface area contributed by atoms with Crippen LogP contribution in [0.3, 0.4) is 0 Å². The number of carbonyl (C=O) groups is 2. The second-order valence-electron chi connectivity index (χ2n) is 9.20. The van der Waals surface area contributed by atoms with E-state index in [1.807, 2.05) is 0 Å². The van der Waals surface area contributed by atoms with E-state index >= 15 is 0 Å². The molecule has 2 N–H and O–H groups in total. The monoisotopic (exact) mass is 358 g/mol. The van der Waals surface area contributed by atoms with Gasteiger partial charge >= 0.3 is 0 Å². The molecular formula is C22H30O4. The fourth-order valence-corrected chi connectivity index (χ4v) is 5.89. The van der Waals surface area contributed by atoms with Gasteiger partial charge in [0.05, 0.1) is 6.61 Å². The molecule has 26 heavy (non-hydrogen) atoms. The van der Waals surface area contributed by atoms with E-state index in [4.69, 9.17) is 0 Å². The molecule has 0 amide bonds. The van der Waals surface area contributed by atoms with Crippen molar-refractivity contribution in [2.45, 2.75) is 59.3 Å². The van der Waals surface area contributed by atoms with Gasteiger partial charge in [0.1, 0.15) is 0 Å². The summed E-state index contributed by atoms with van der Waals surface area (Å²) in [6, 6.07) is 0. The predicted molar refractivity (Wildman–Crippen MR) is 101 cm³/mol. The van der Waals surface area contributed by atoms with Crippen LogP contribution in [0.1, 0.15) is 59.3 Å². The first-order chi connectivity index (χ1) is 12.1. The van der Waals surface area contributed by atoms with Crippen LogP contribution in [0.5, 0.6) is 0 Å². The molecule has 3 aliphatic carbocycles. The van der Waals surface area contributed by atoms with Crippen molar-refractivity contribution in [2.24, 2.45) is 22.7 Å². The lowest BCUT2D eigenvalue weighted by Crippen LogP contribution is -2.49. The molecule has 0 aromatic carbocycles. The highest BCUT2D eigenvalue weighted by Gasteiger charge is 2.53. The van der Waals surface area contributed by atoms with Crippen LogP contribution < -0.4 is 0 Å². The summed E-state index contributed by atoms with van der Waals surface area (Å²) in [7, 11) is 0. The normalized spacial score (nSPS) is 34.6. The van der Waals surface area contributed by atoms with Crippen molar-refractivity contribution < 1.29 is 19.8 Å². The maximum atomic E-state index is 12.5. The minimum absolute atomic E-state index is 0.0225. The van der Waals surface area contributed by atoms with E-state index in [0.29, 0.717) is 12.3 Å². The number of rotatable bonds is 3. The van der Waals surface area contributed by atoms with E-state index in [0.717, 1.165) is 31.3 Å². The zero-order chi connectivity index (χ0) is 19.3. The van der Waals surface area contributed by atoms with Gasteiger partial charge in [0.15, 0.2) is 11.5 Å². The maximum Gasteiger partial charge on any atom is 0.226 e. The molecule has 0 aromatic rings. The number of ketones is 2. The van der Waals surface area contributed by atoms with Crippen molar-refractivity contribution in [3.05, 3.63) is 35.1 Å². The fourth-order valence-electron chi connectivity index (χ4n) is 5.89. The first kappa shape index (κ1) is 19.1. The topological polar surface area (TPSA) is 74.6 Å². The molecule has 0 bridgehead atoms. The molecule has 0 aromatic heterocycles. The van der Waals surface area contributed by atoms with Crippen LogP contribution in [0.25, 0.3) is 0 Å². The number of carbonyl (C=O) groups excluding carboxylic acids is 2. The van der Waals surface area contributed by atoms with Crippen molar-refractivity contribution in [1.82, 2.24) is 0 Å². The third-order valence-corrected chi connectivity index (χ3v) is 7.29. The lowest BCUT2D eigenvalue weighted by atomic mass is 9.47. The zero-order valence-corrected chi connectivity index (χ0v) is 16.1. The first-order valence-electron chi connectivity index (χ1n) is 9.62. The van der Waals surface area contributed by atoms with Crippen molar-refractivity contribution in [2.75, 3.05) is 6.61 Å². The van der Waals surface area contributed by atoms with Crippen LogP contribution in [0.15, 0.2) is 35.1 Å². The molecule has 0 unspecified atom stereocenters. The molecule has 3 rings (SSSR count). The van der Waals surface area contributed by atoms with Gasteiger partial charge < -0.3 is 10.2 Å². The maximum absolute atomic E-state index is 12.5. The number of aliphatic hydroxyl groups is 2. The van der Waals surface area contributed by atoms with E-state index < -0.39 is 18.1 Å². The van der Waals surface area contributed by atoms with Crippen LogP contribution in [0.2, 0.25) is 0 Å². The highest BCUT2D eigenvalue weighted by Crippen LogP contribution is 2.62. The Bertz CT molecular complexity index is 724. The summed E-state index contributed by atoms with van der Waals surface area (Å²) in [5.41, 5.74) is 1.54. The molecule has 0 aliphatic heterocycles. The number of hydrogen-bond acceptors (Lipinski definition) is 4. The SMILES string of the molecule is C=C1CC[C@H]2C(C)(C)CCC[C@]2(C)[C@H]1CC1=C(O)C(=O)C(CO)=CC1=O. The highest BCUT2D eigenvalue weighted by molar-refractivity contribution is 6.21. The van der Waals surface area contributed by atoms with Gasteiger partial charge in [-0.1, -0.05) is 39.3 Å². The van der Waals surface area contributed by atoms with Gasteiger partial charge in [-0.15, -0.1) is 0 Å². The second-order valence-corrected chi connectivity index (χ2v) is 9.20. The van der Waals surface area contributed by atoms with Gasteiger partial charge in [-0.05, 0) is 60.8 Å². The number of Topliss-reactive ketones (excluding diaryl/α,β-unsaturated/α-hetero) is 1. The number of allylic oxidation sites excluding steroid dienone is 4. The van der Waals surface area contributed by atoms with Crippen molar-refractivity contribution in [1.29, 1.82) is 0 Å². The summed E-state index contributed by atoms with van der Waals surface area (Å²) in [6.07, 6.45) is 7.02. The molecule has 3 atom stereocenters. The molecule has 4 heteroatoms. The van der Waals surface area contributed by atoms with Crippen LogP contribution in [0.4, 0.5) is 0 Å². The molecule has 2 fully saturated rings. The quantitative estimate of drug-likeness (QED) is 0.589. The summed E-state index contributed by atoms with van der Waals surface area (Å²) >= 11 is 0. The van der Waals surface area contributed by atoms with E-state index in [1.165, 1.54) is 12.5 Å². The van der Waals surface area contributed by atoms with Gasteiger partial charge in [-0.2, -0.15) is 0 Å². The molecular weight excluding hydrogens is 328 g/mol. The van der Waals surface area contributed by atoms with E-state index in [9.17, 15) is 19.8 Å². The van der Waals surface area contributed by atoms with Crippen LogP contribution >= 0.6 is 0 Å². The van der Waals surface area contributed by atoms with Crippen LogP contribution in [-0.2, 0) is 9.59 Å². The van der Waals surface area contributed by atoms with Gasteiger partial charge in [-0.3, -0.25) is 9.59 Å². The number of aliphatic hydroxyl groups excluding tert-OH is 2. The minimum atomic E-state index is -0.630. The average molecular weight is 358 g/mol. The Hall–Kier alpha value is -1.68. The third kappa shape index (κ3) is 2.88. The Labute approximate surface area is 155 Å². The summed E-state index contributed by atoms with van der Waals surface area (Å²) in [6.45, 7) is 10.7.